The third-order valence-electron chi connectivity index (χ3n) is 7.03. The maximum absolute atomic E-state index is 6.38. The molecule has 0 aliphatic heterocycles. The summed E-state index contributed by atoms with van der Waals surface area (Å²) in [5.74, 6) is 0.382. The SMILES string of the molecule is Clc1c(Cl)c(Cl)c2oc(-c3ccc(-c4c5ccccc5c(-c5ccccc5)c5ccccc45)cc3)nc2c1Cl. The maximum atomic E-state index is 6.38. The Morgan fingerprint density at radius 1 is 0.436 bits per heavy atom. The molecule has 7 aromatic rings. The first-order chi connectivity index (χ1) is 19.0. The fourth-order valence-electron chi connectivity index (χ4n) is 5.27. The normalized spacial score (nSPS) is 11.6. The van der Waals surface area contributed by atoms with Crippen LogP contribution in [-0.2, 0) is 0 Å². The van der Waals surface area contributed by atoms with E-state index in [1.54, 1.807) is 0 Å². The van der Waals surface area contributed by atoms with Gasteiger partial charge in [0.1, 0.15) is 10.5 Å². The minimum Gasteiger partial charge on any atom is -0.434 e. The lowest BCUT2D eigenvalue weighted by molar-refractivity contribution is 0.620. The minimum absolute atomic E-state index is 0.145. The van der Waals surface area contributed by atoms with Gasteiger partial charge in [-0.25, -0.2) is 4.98 Å². The van der Waals surface area contributed by atoms with Gasteiger partial charge in [0.2, 0.25) is 5.89 Å². The molecule has 0 atom stereocenters. The van der Waals surface area contributed by atoms with Crippen molar-refractivity contribution in [1.82, 2.24) is 4.98 Å². The van der Waals surface area contributed by atoms with Gasteiger partial charge in [0.25, 0.3) is 0 Å². The number of hydrogen-bond donors (Lipinski definition) is 0. The first-order valence-corrected chi connectivity index (χ1v) is 13.8. The molecule has 0 saturated heterocycles. The molecule has 0 fully saturated rings. The van der Waals surface area contributed by atoms with Crippen LogP contribution in [0.3, 0.4) is 0 Å². The molecule has 1 aromatic heterocycles. The highest BCUT2D eigenvalue weighted by Gasteiger charge is 2.22. The second kappa shape index (κ2) is 9.59. The summed E-state index contributed by atoms with van der Waals surface area (Å²) >= 11 is 25.2. The fraction of sp³-hybridized carbons (Fsp3) is 0. The molecule has 0 saturated carbocycles. The third-order valence-corrected chi connectivity index (χ3v) is 8.80. The third kappa shape index (κ3) is 3.91. The first kappa shape index (κ1) is 24.5. The molecule has 2 nitrogen and oxygen atoms in total. The van der Waals surface area contributed by atoms with Gasteiger partial charge in [0.15, 0.2) is 5.58 Å². The van der Waals surface area contributed by atoms with Crippen LogP contribution in [0.1, 0.15) is 0 Å². The average molecular weight is 585 g/mol. The van der Waals surface area contributed by atoms with Gasteiger partial charge < -0.3 is 4.42 Å². The van der Waals surface area contributed by atoms with E-state index in [4.69, 9.17) is 50.8 Å². The molecule has 0 aliphatic rings. The second-order valence-electron chi connectivity index (χ2n) is 9.24. The lowest BCUT2D eigenvalue weighted by atomic mass is 9.86. The Labute approximate surface area is 244 Å². The van der Waals surface area contributed by atoms with Crippen molar-refractivity contribution in [3.8, 4) is 33.7 Å². The molecule has 7 rings (SSSR count). The number of benzene rings is 6. The molecule has 39 heavy (non-hydrogen) atoms. The Morgan fingerprint density at radius 3 is 1.41 bits per heavy atom. The minimum atomic E-state index is 0.145. The molecule has 0 unspecified atom stereocenters. The lowest BCUT2D eigenvalue weighted by Crippen LogP contribution is -1.90. The number of fused-ring (bicyclic) bond motifs is 3. The summed E-state index contributed by atoms with van der Waals surface area (Å²) in [6.07, 6.45) is 0. The van der Waals surface area contributed by atoms with Gasteiger partial charge in [-0.05, 0) is 55.9 Å². The van der Waals surface area contributed by atoms with Crippen LogP contribution in [-0.4, -0.2) is 4.98 Å². The Hall–Kier alpha value is -3.53. The molecule has 0 N–H and O–H groups in total. The molecule has 188 valence electrons. The van der Waals surface area contributed by atoms with E-state index in [0.717, 1.165) is 11.1 Å². The lowest BCUT2D eigenvalue weighted by Gasteiger charge is -2.17. The topological polar surface area (TPSA) is 26.0 Å². The predicted octanol–water partition coefficient (Wildman–Crippen LogP) is 11.7. The van der Waals surface area contributed by atoms with Gasteiger partial charge in [0, 0.05) is 5.56 Å². The van der Waals surface area contributed by atoms with Crippen molar-refractivity contribution in [2.45, 2.75) is 0 Å². The highest BCUT2D eigenvalue weighted by Crippen LogP contribution is 2.45. The van der Waals surface area contributed by atoms with Crippen LogP contribution in [0.4, 0.5) is 0 Å². The molecule has 0 spiro atoms. The van der Waals surface area contributed by atoms with Crippen LogP contribution >= 0.6 is 46.4 Å². The Balaban J connectivity index is 1.43. The van der Waals surface area contributed by atoms with Crippen molar-refractivity contribution >= 4 is 79.0 Å². The zero-order valence-electron chi connectivity index (χ0n) is 20.2. The molecular formula is C33H17Cl4NO. The summed E-state index contributed by atoms with van der Waals surface area (Å²) in [4.78, 5) is 4.57. The molecule has 6 aromatic carbocycles. The highest BCUT2D eigenvalue weighted by molar-refractivity contribution is 6.54. The maximum Gasteiger partial charge on any atom is 0.227 e. The van der Waals surface area contributed by atoms with Crippen molar-refractivity contribution in [2.75, 3.05) is 0 Å². The Kier molecular flexibility index (Phi) is 6.02. The molecular weight excluding hydrogens is 568 g/mol. The number of rotatable bonds is 3. The first-order valence-electron chi connectivity index (χ1n) is 12.2. The molecule has 1 heterocycles. The van der Waals surface area contributed by atoms with Crippen LogP contribution < -0.4 is 0 Å². The van der Waals surface area contributed by atoms with E-state index in [1.807, 2.05) is 18.2 Å². The number of hydrogen-bond acceptors (Lipinski definition) is 2. The second-order valence-corrected chi connectivity index (χ2v) is 10.7. The van der Waals surface area contributed by atoms with Crippen LogP contribution in [0.15, 0.2) is 108 Å². The van der Waals surface area contributed by atoms with Gasteiger partial charge in [-0.1, -0.05) is 137 Å². The summed E-state index contributed by atoms with van der Waals surface area (Å²) in [5, 5.41) is 5.49. The Bertz CT molecular complexity index is 1950. The van der Waals surface area contributed by atoms with E-state index in [2.05, 4.69) is 89.9 Å². The zero-order valence-corrected chi connectivity index (χ0v) is 23.2. The molecule has 0 aliphatic carbocycles. The zero-order chi connectivity index (χ0) is 26.7. The molecule has 6 heteroatoms. The quantitative estimate of drug-likeness (QED) is 0.117. The Morgan fingerprint density at radius 2 is 0.872 bits per heavy atom. The summed E-state index contributed by atoms with van der Waals surface area (Å²) in [6.45, 7) is 0. The largest absolute Gasteiger partial charge is 0.434 e. The van der Waals surface area contributed by atoms with E-state index >= 15 is 0 Å². The number of nitrogens with zero attached hydrogens (tertiary/aromatic N) is 1. The van der Waals surface area contributed by atoms with Gasteiger partial charge in [-0.15, -0.1) is 0 Å². The van der Waals surface area contributed by atoms with Crippen LogP contribution in [0.25, 0.3) is 66.4 Å². The van der Waals surface area contributed by atoms with Crippen molar-refractivity contribution < 1.29 is 4.42 Å². The van der Waals surface area contributed by atoms with Crippen LogP contribution in [0, 0.1) is 0 Å². The molecule has 0 radical (unpaired) electrons. The summed E-state index contributed by atoms with van der Waals surface area (Å²) < 4.78 is 5.98. The number of halogens is 4. The predicted molar refractivity (Wildman–Crippen MR) is 165 cm³/mol. The van der Waals surface area contributed by atoms with E-state index in [1.165, 1.54) is 38.2 Å². The van der Waals surface area contributed by atoms with Crippen LogP contribution in [0.2, 0.25) is 20.1 Å². The summed E-state index contributed by atoms with van der Waals surface area (Å²) in [5.41, 5.74) is 6.16. The molecule has 0 bridgehead atoms. The van der Waals surface area contributed by atoms with E-state index in [9.17, 15) is 0 Å². The van der Waals surface area contributed by atoms with E-state index in [0.29, 0.717) is 17.0 Å². The summed E-state index contributed by atoms with van der Waals surface area (Å²) in [6, 6.07) is 35.8. The van der Waals surface area contributed by atoms with Gasteiger partial charge >= 0.3 is 0 Å². The summed E-state index contributed by atoms with van der Waals surface area (Å²) in [7, 11) is 0. The van der Waals surface area contributed by atoms with Gasteiger partial charge in [-0.2, -0.15) is 0 Å². The van der Waals surface area contributed by atoms with Crippen molar-refractivity contribution in [3.63, 3.8) is 0 Å². The van der Waals surface area contributed by atoms with Gasteiger partial charge in [-0.3, -0.25) is 0 Å². The van der Waals surface area contributed by atoms with Crippen molar-refractivity contribution in [2.24, 2.45) is 0 Å². The smallest absolute Gasteiger partial charge is 0.227 e. The van der Waals surface area contributed by atoms with Crippen molar-refractivity contribution in [1.29, 1.82) is 0 Å². The molecule has 0 amide bonds. The number of aromatic nitrogens is 1. The fourth-order valence-corrected chi connectivity index (χ4v) is 6.18. The van der Waals surface area contributed by atoms with Crippen LogP contribution in [0.5, 0.6) is 0 Å². The highest BCUT2D eigenvalue weighted by atomic mass is 35.5. The van der Waals surface area contributed by atoms with E-state index < -0.39 is 0 Å². The van der Waals surface area contributed by atoms with Crippen molar-refractivity contribution in [3.05, 3.63) is 123 Å². The number of oxazole rings is 1. The van der Waals surface area contributed by atoms with Gasteiger partial charge in [0.05, 0.1) is 15.1 Å². The standard InChI is InChI=1S/C33H17Cl4NO/c34-27-28(35)30(37)32-31(29(27)36)38-33(39-32)20-16-14-19(15-17-20)26-23-12-6-4-10-21(23)25(18-8-2-1-3-9-18)22-11-5-7-13-24(22)26/h1-17H. The van der Waals surface area contributed by atoms with E-state index in [-0.39, 0.29) is 20.1 Å². The monoisotopic (exact) mass is 583 g/mol. The average Bonchev–Trinajstić information content (AvgIpc) is 3.44.